The number of hydrogen-bond acceptors (Lipinski definition) is 2. The standard InChI is InChI=1S/C16H20BrNS/c1-3-11-18-14(4-2)16-10-9-15(19-16)12-7-5-6-8-13(12)17/h5-10,14,18H,3-4,11H2,1-2H3. The third-order valence-corrected chi connectivity index (χ3v) is 5.08. The molecule has 1 unspecified atom stereocenters. The van der Waals surface area contributed by atoms with E-state index in [4.69, 9.17) is 0 Å². The minimum Gasteiger partial charge on any atom is -0.309 e. The minimum atomic E-state index is 0.487. The van der Waals surface area contributed by atoms with Gasteiger partial charge < -0.3 is 5.32 Å². The first-order valence-electron chi connectivity index (χ1n) is 6.84. The number of benzene rings is 1. The van der Waals surface area contributed by atoms with Gasteiger partial charge in [0.15, 0.2) is 0 Å². The van der Waals surface area contributed by atoms with Crippen molar-refractivity contribution >= 4 is 27.3 Å². The summed E-state index contributed by atoms with van der Waals surface area (Å²) in [5.74, 6) is 0. The summed E-state index contributed by atoms with van der Waals surface area (Å²) in [5.41, 5.74) is 1.28. The summed E-state index contributed by atoms with van der Waals surface area (Å²) in [5, 5.41) is 3.61. The first-order chi connectivity index (χ1) is 9.26. The van der Waals surface area contributed by atoms with E-state index in [1.807, 2.05) is 11.3 Å². The Kier molecular flexibility index (Phi) is 5.61. The Morgan fingerprint density at radius 2 is 1.95 bits per heavy atom. The smallest absolute Gasteiger partial charge is 0.0412 e. The number of halogens is 1. The zero-order valence-corrected chi connectivity index (χ0v) is 13.9. The van der Waals surface area contributed by atoms with E-state index in [1.165, 1.54) is 21.7 Å². The van der Waals surface area contributed by atoms with Crippen molar-refractivity contribution < 1.29 is 0 Å². The summed E-state index contributed by atoms with van der Waals surface area (Å²) in [6.07, 6.45) is 2.31. The highest BCUT2D eigenvalue weighted by molar-refractivity contribution is 9.10. The van der Waals surface area contributed by atoms with Crippen LogP contribution in [0.1, 0.15) is 37.6 Å². The second kappa shape index (κ2) is 7.22. The van der Waals surface area contributed by atoms with Crippen molar-refractivity contribution in [2.24, 2.45) is 0 Å². The first kappa shape index (κ1) is 14.8. The molecular weight excluding hydrogens is 318 g/mol. The predicted molar refractivity (Wildman–Crippen MR) is 88.8 cm³/mol. The number of hydrogen-bond donors (Lipinski definition) is 1. The van der Waals surface area contributed by atoms with Gasteiger partial charge in [0.2, 0.25) is 0 Å². The van der Waals surface area contributed by atoms with Crippen LogP contribution < -0.4 is 5.32 Å². The van der Waals surface area contributed by atoms with Crippen LogP contribution in [0.3, 0.4) is 0 Å². The van der Waals surface area contributed by atoms with Crippen LogP contribution in [0.5, 0.6) is 0 Å². The van der Waals surface area contributed by atoms with Gasteiger partial charge in [-0.2, -0.15) is 0 Å². The third-order valence-electron chi connectivity index (χ3n) is 3.16. The molecule has 0 aliphatic heterocycles. The zero-order chi connectivity index (χ0) is 13.7. The Hall–Kier alpha value is -0.640. The summed E-state index contributed by atoms with van der Waals surface area (Å²) in [4.78, 5) is 2.76. The Balaban J connectivity index is 2.21. The lowest BCUT2D eigenvalue weighted by molar-refractivity contribution is 0.525. The maximum Gasteiger partial charge on any atom is 0.0412 e. The quantitative estimate of drug-likeness (QED) is 0.720. The number of rotatable bonds is 6. The molecule has 0 spiro atoms. The monoisotopic (exact) mass is 337 g/mol. The van der Waals surface area contributed by atoms with E-state index in [-0.39, 0.29) is 0 Å². The molecule has 3 heteroatoms. The summed E-state index contributed by atoms with van der Waals surface area (Å²) in [6.45, 7) is 5.53. The summed E-state index contributed by atoms with van der Waals surface area (Å²) >= 11 is 5.52. The highest BCUT2D eigenvalue weighted by atomic mass is 79.9. The second-order valence-electron chi connectivity index (χ2n) is 4.60. The van der Waals surface area contributed by atoms with Crippen molar-refractivity contribution in [1.29, 1.82) is 0 Å². The van der Waals surface area contributed by atoms with Gasteiger partial charge in [0.25, 0.3) is 0 Å². The lowest BCUT2D eigenvalue weighted by Crippen LogP contribution is -2.20. The van der Waals surface area contributed by atoms with E-state index in [1.54, 1.807) is 0 Å². The molecule has 0 saturated carbocycles. The molecule has 102 valence electrons. The Labute approximate surface area is 128 Å². The molecule has 1 N–H and O–H groups in total. The fraction of sp³-hybridized carbons (Fsp3) is 0.375. The Morgan fingerprint density at radius 3 is 2.63 bits per heavy atom. The average molecular weight is 338 g/mol. The minimum absolute atomic E-state index is 0.487. The Morgan fingerprint density at radius 1 is 1.16 bits per heavy atom. The molecule has 0 aliphatic carbocycles. The molecule has 1 nitrogen and oxygen atoms in total. The molecule has 0 aliphatic rings. The molecule has 0 fully saturated rings. The molecule has 0 bridgehead atoms. The lowest BCUT2D eigenvalue weighted by Gasteiger charge is -2.14. The molecule has 1 aromatic heterocycles. The second-order valence-corrected chi connectivity index (χ2v) is 6.57. The predicted octanol–water partition coefficient (Wildman–Crippen LogP) is 5.63. The number of nitrogens with one attached hydrogen (secondary N) is 1. The molecule has 19 heavy (non-hydrogen) atoms. The number of thiophene rings is 1. The van der Waals surface area contributed by atoms with E-state index in [0.717, 1.165) is 17.4 Å². The van der Waals surface area contributed by atoms with Crippen molar-refractivity contribution in [3.05, 3.63) is 45.7 Å². The van der Waals surface area contributed by atoms with Crippen LogP contribution in [0.15, 0.2) is 40.9 Å². The van der Waals surface area contributed by atoms with Crippen LogP contribution in [0, 0.1) is 0 Å². The molecule has 0 radical (unpaired) electrons. The molecule has 1 aromatic carbocycles. The SMILES string of the molecule is CCCNC(CC)c1ccc(-c2ccccc2Br)s1. The molecule has 0 saturated heterocycles. The van der Waals surface area contributed by atoms with Gasteiger partial charge in [-0.1, -0.05) is 48.0 Å². The van der Waals surface area contributed by atoms with E-state index in [2.05, 4.69) is 71.5 Å². The van der Waals surface area contributed by atoms with Gasteiger partial charge in [-0.15, -0.1) is 11.3 Å². The molecule has 1 heterocycles. The van der Waals surface area contributed by atoms with E-state index < -0.39 is 0 Å². The average Bonchev–Trinajstić information content (AvgIpc) is 2.90. The largest absolute Gasteiger partial charge is 0.309 e. The Bertz CT molecular complexity index is 521. The molecule has 2 rings (SSSR count). The van der Waals surface area contributed by atoms with Crippen molar-refractivity contribution in [3.63, 3.8) is 0 Å². The van der Waals surface area contributed by atoms with Crippen LogP contribution in [0.4, 0.5) is 0 Å². The van der Waals surface area contributed by atoms with Gasteiger partial charge in [0.05, 0.1) is 0 Å². The van der Waals surface area contributed by atoms with Crippen molar-refractivity contribution in [3.8, 4) is 10.4 Å². The van der Waals surface area contributed by atoms with Crippen LogP contribution in [-0.2, 0) is 0 Å². The van der Waals surface area contributed by atoms with Crippen LogP contribution >= 0.6 is 27.3 Å². The van der Waals surface area contributed by atoms with Crippen LogP contribution in [-0.4, -0.2) is 6.54 Å². The van der Waals surface area contributed by atoms with Gasteiger partial charge in [-0.05, 0) is 37.6 Å². The van der Waals surface area contributed by atoms with Gasteiger partial charge in [0.1, 0.15) is 0 Å². The third kappa shape index (κ3) is 3.68. The van der Waals surface area contributed by atoms with E-state index in [0.29, 0.717) is 6.04 Å². The topological polar surface area (TPSA) is 12.0 Å². The summed E-state index contributed by atoms with van der Waals surface area (Å²) < 4.78 is 1.16. The summed E-state index contributed by atoms with van der Waals surface area (Å²) in [6, 6.07) is 13.4. The fourth-order valence-corrected chi connectivity index (χ4v) is 3.95. The highest BCUT2D eigenvalue weighted by Gasteiger charge is 2.12. The molecule has 2 aromatic rings. The first-order valence-corrected chi connectivity index (χ1v) is 8.45. The molecule has 0 amide bonds. The highest BCUT2D eigenvalue weighted by Crippen LogP contribution is 2.36. The van der Waals surface area contributed by atoms with Gasteiger partial charge >= 0.3 is 0 Å². The van der Waals surface area contributed by atoms with Crippen molar-refractivity contribution in [1.82, 2.24) is 5.32 Å². The maximum atomic E-state index is 3.63. The van der Waals surface area contributed by atoms with E-state index >= 15 is 0 Å². The van der Waals surface area contributed by atoms with Crippen LogP contribution in [0.2, 0.25) is 0 Å². The van der Waals surface area contributed by atoms with Gasteiger partial charge in [0, 0.05) is 25.8 Å². The van der Waals surface area contributed by atoms with E-state index in [9.17, 15) is 0 Å². The van der Waals surface area contributed by atoms with Crippen molar-refractivity contribution in [2.45, 2.75) is 32.7 Å². The normalized spacial score (nSPS) is 12.6. The summed E-state index contributed by atoms with van der Waals surface area (Å²) in [7, 11) is 0. The van der Waals surface area contributed by atoms with Gasteiger partial charge in [-0.3, -0.25) is 0 Å². The fourth-order valence-electron chi connectivity index (χ4n) is 2.11. The zero-order valence-electron chi connectivity index (χ0n) is 11.4. The van der Waals surface area contributed by atoms with Crippen molar-refractivity contribution in [2.75, 3.05) is 6.54 Å². The molecular formula is C16H20BrNS. The lowest BCUT2D eigenvalue weighted by atomic mass is 10.1. The van der Waals surface area contributed by atoms with Gasteiger partial charge in [-0.25, -0.2) is 0 Å². The molecule has 1 atom stereocenters. The van der Waals surface area contributed by atoms with Crippen LogP contribution in [0.25, 0.3) is 10.4 Å². The maximum absolute atomic E-state index is 3.63.